The summed E-state index contributed by atoms with van der Waals surface area (Å²) in [5, 5.41) is 6.06. The Morgan fingerprint density at radius 2 is 2.28 bits per heavy atom. The van der Waals surface area contributed by atoms with Crippen LogP contribution in [0.3, 0.4) is 0 Å². The third-order valence-electron chi connectivity index (χ3n) is 3.06. The van der Waals surface area contributed by atoms with Gasteiger partial charge in [-0.2, -0.15) is 0 Å². The first-order valence-electron chi connectivity index (χ1n) is 6.48. The van der Waals surface area contributed by atoms with E-state index in [9.17, 15) is 9.59 Å². The van der Waals surface area contributed by atoms with Crippen molar-refractivity contribution in [2.24, 2.45) is 0 Å². The van der Waals surface area contributed by atoms with Crippen LogP contribution in [0.25, 0.3) is 0 Å². The minimum absolute atomic E-state index is 0.0581. The molecule has 1 saturated heterocycles. The fraction of sp³-hybridized carbons (Fsp3) is 0.833. The molecule has 0 aromatic carbocycles. The maximum atomic E-state index is 11.9. The number of amides is 1. The molecule has 1 fully saturated rings. The van der Waals surface area contributed by atoms with E-state index in [1.54, 1.807) is 0 Å². The highest BCUT2D eigenvalue weighted by Crippen LogP contribution is 2.06. The first-order chi connectivity index (χ1) is 8.69. The topological polar surface area (TPSA) is 70.7 Å². The van der Waals surface area contributed by atoms with E-state index >= 15 is 0 Å². The van der Waals surface area contributed by atoms with E-state index in [1.165, 1.54) is 7.11 Å². The summed E-state index contributed by atoms with van der Waals surface area (Å²) in [6, 6.07) is -0.128. The predicted octanol–water partition coefficient (Wildman–Crippen LogP) is -0.650. The molecular formula is C12H23N3O3. The molecular weight excluding hydrogens is 234 g/mol. The van der Waals surface area contributed by atoms with Gasteiger partial charge in [-0.1, -0.05) is 0 Å². The zero-order chi connectivity index (χ0) is 13.4. The quantitative estimate of drug-likeness (QED) is 0.619. The molecule has 0 aromatic rings. The number of nitrogens with one attached hydrogen (secondary N) is 2. The molecule has 0 aliphatic carbocycles. The minimum atomic E-state index is -0.195. The van der Waals surface area contributed by atoms with Gasteiger partial charge in [0.05, 0.1) is 7.11 Å². The highest BCUT2D eigenvalue weighted by Gasteiger charge is 2.27. The van der Waals surface area contributed by atoms with Gasteiger partial charge in [-0.25, -0.2) is 0 Å². The minimum Gasteiger partial charge on any atom is -0.469 e. The number of hydrogen-bond donors (Lipinski definition) is 2. The van der Waals surface area contributed by atoms with Crippen LogP contribution < -0.4 is 10.6 Å². The van der Waals surface area contributed by atoms with Crippen LogP contribution in [0.15, 0.2) is 0 Å². The lowest BCUT2D eigenvalue weighted by atomic mass is 10.1. The van der Waals surface area contributed by atoms with Crippen molar-refractivity contribution in [3.8, 4) is 0 Å². The fourth-order valence-electron chi connectivity index (χ4n) is 2.09. The van der Waals surface area contributed by atoms with Crippen LogP contribution in [-0.2, 0) is 14.3 Å². The largest absolute Gasteiger partial charge is 0.469 e. The maximum absolute atomic E-state index is 11.9. The van der Waals surface area contributed by atoms with Crippen LogP contribution >= 0.6 is 0 Å². The lowest BCUT2D eigenvalue weighted by Crippen LogP contribution is -2.57. The predicted molar refractivity (Wildman–Crippen MR) is 68.2 cm³/mol. The summed E-state index contributed by atoms with van der Waals surface area (Å²) in [5.74, 6) is -0.137. The van der Waals surface area contributed by atoms with Crippen molar-refractivity contribution in [3.05, 3.63) is 0 Å². The van der Waals surface area contributed by atoms with Crippen LogP contribution in [0.1, 0.15) is 19.8 Å². The second kappa shape index (κ2) is 8.05. The number of nitrogens with zero attached hydrogens (tertiary/aromatic N) is 1. The average Bonchev–Trinajstić information content (AvgIpc) is 2.39. The zero-order valence-corrected chi connectivity index (χ0v) is 11.2. The number of methoxy groups -OCH3 is 1. The van der Waals surface area contributed by atoms with E-state index in [0.717, 1.165) is 26.1 Å². The molecule has 2 N–H and O–H groups in total. The number of ether oxygens (including phenoxy) is 1. The van der Waals surface area contributed by atoms with Gasteiger partial charge < -0.3 is 15.4 Å². The van der Waals surface area contributed by atoms with Gasteiger partial charge in [-0.15, -0.1) is 0 Å². The van der Waals surface area contributed by atoms with Crippen molar-refractivity contribution in [3.63, 3.8) is 0 Å². The van der Waals surface area contributed by atoms with Gasteiger partial charge in [0.15, 0.2) is 0 Å². The van der Waals surface area contributed by atoms with Gasteiger partial charge in [0, 0.05) is 32.6 Å². The van der Waals surface area contributed by atoms with Gasteiger partial charge in [0.25, 0.3) is 0 Å². The molecule has 0 saturated carbocycles. The summed E-state index contributed by atoms with van der Waals surface area (Å²) in [4.78, 5) is 25.0. The van der Waals surface area contributed by atoms with E-state index in [1.807, 2.05) is 6.92 Å². The summed E-state index contributed by atoms with van der Waals surface area (Å²) in [6.45, 7) is 5.70. The highest BCUT2D eigenvalue weighted by molar-refractivity contribution is 5.82. The molecule has 1 amide bonds. The first kappa shape index (κ1) is 14.9. The van der Waals surface area contributed by atoms with Crippen LogP contribution in [0, 0.1) is 0 Å². The van der Waals surface area contributed by atoms with E-state index < -0.39 is 0 Å². The molecule has 1 rings (SSSR count). The molecule has 1 heterocycles. The molecule has 104 valence electrons. The lowest BCUT2D eigenvalue weighted by Gasteiger charge is -2.35. The van der Waals surface area contributed by atoms with E-state index in [0.29, 0.717) is 19.5 Å². The smallest absolute Gasteiger partial charge is 0.305 e. The van der Waals surface area contributed by atoms with Gasteiger partial charge in [0.2, 0.25) is 5.91 Å². The second-order valence-electron chi connectivity index (χ2n) is 4.33. The molecule has 6 heteroatoms. The number of hydrogen-bond acceptors (Lipinski definition) is 5. The van der Waals surface area contributed by atoms with Crippen molar-refractivity contribution in [2.75, 3.05) is 39.8 Å². The average molecular weight is 257 g/mol. The van der Waals surface area contributed by atoms with Crippen LogP contribution in [0.4, 0.5) is 0 Å². The van der Waals surface area contributed by atoms with Gasteiger partial charge in [-0.3, -0.25) is 14.5 Å². The molecule has 0 radical (unpaired) electrons. The van der Waals surface area contributed by atoms with Gasteiger partial charge in [0.1, 0.15) is 6.04 Å². The molecule has 1 aliphatic rings. The highest BCUT2D eigenvalue weighted by atomic mass is 16.5. The Hall–Kier alpha value is -1.14. The molecule has 1 atom stereocenters. The van der Waals surface area contributed by atoms with Crippen molar-refractivity contribution >= 4 is 11.9 Å². The fourth-order valence-corrected chi connectivity index (χ4v) is 2.09. The molecule has 0 aromatic heterocycles. The Morgan fingerprint density at radius 1 is 1.50 bits per heavy atom. The van der Waals surface area contributed by atoms with Crippen molar-refractivity contribution < 1.29 is 14.3 Å². The van der Waals surface area contributed by atoms with E-state index in [4.69, 9.17) is 0 Å². The molecule has 18 heavy (non-hydrogen) atoms. The number of carbonyl (C=O) groups is 2. The van der Waals surface area contributed by atoms with Crippen molar-refractivity contribution in [1.82, 2.24) is 15.5 Å². The standard InChI is InChI=1S/C12H23N3O3/c1-3-14-12(17)10-9-13-6-8-15(10)7-4-5-11(16)18-2/h10,13H,3-9H2,1-2H3,(H,14,17). The molecule has 0 spiro atoms. The lowest BCUT2D eigenvalue weighted by molar-refractivity contribution is -0.140. The van der Waals surface area contributed by atoms with Crippen molar-refractivity contribution in [1.29, 1.82) is 0 Å². The monoisotopic (exact) mass is 257 g/mol. The molecule has 0 bridgehead atoms. The van der Waals surface area contributed by atoms with Gasteiger partial charge >= 0.3 is 5.97 Å². The number of piperazine rings is 1. The third kappa shape index (κ3) is 4.62. The molecule has 1 aliphatic heterocycles. The third-order valence-corrected chi connectivity index (χ3v) is 3.06. The second-order valence-corrected chi connectivity index (χ2v) is 4.33. The summed E-state index contributed by atoms with van der Waals surface area (Å²) in [7, 11) is 1.39. The summed E-state index contributed by atoms with van der Waals surface area (Å²) >= 11 is 0. The SMILES string of the molecule is CCNC(=O)C1CNCCN1CCCC(=O)OC. The molecule has 1 unspecified atom stereocenters. The zero-order valence-electron chi connectivity index (χ0n) is 11.2. The molecule has 6 nitrogen and oxygen atoms in total. The summed E-state index contributed by atoms with van der Waals surface area (Å²) < 4.78 is 4.60. The van der Waals surface area contributed by atoms with Crippen LogP contribution in [0.2, 0.25) is 0 Å². The number of esters is 1. The Labute approximate surface area is 108 Å². The maximum Gasteiger partial charge on any atom is 0.305 e. The van der Waals surface area contributed by atoms with Gasteiger partial charge in [-0.05, 0) is 19.9 Å². The van der Waals surface area contributed by atoms with Crippen LogP contribution in [0.5, 0.6) is 0 Å². The summed E-state index contributed by atoms with van der Waals surface area (Å²) in [5.41, 5.74) is 0. The van der Waals surface area contributed by atoms with Crippen LogP contribution in [-0.4, -0.2) is 62.7 Å². The number of likely N-dealkylation sites (N-methyl/N-ethyl adjacent to an activating group) is 1. The summed E-state index contributed by atoms with van der Waals surface area (Å²) in [6.07, 6.45) is 1.13. The normalized spacial score (nSPS) is 20.4. The Bertz CT molecular complexity index is 284. The number of rotatable bonds is 6. The number of carbonyl (C=O) groups excluding carboxylic acids is 2. The Morgan fingerprint density at radius 3 is 2.94 bits per heavy atom. The van der Waals surface area contributed by atoms with Crippen molar-refractivity contribution in [2.45, 2.75) is 25.8 Å². The van der Waals surface area contributed by atoms with E-state index in [-0.39, 0.29) is 17.9 Å². The Balaban J connectivity index is 2.39. The first-order valence-corrected chi connectivity index (χ1v) is 6.48. The van der Waals surface area contributed by atoms with E-state index in [2.05, 4.69) is 20.3 Å². The Kier molecular flexibility index (Phi) is 6.67.